The highest BCUT2D eigenvalue weighted by molar-refractivity contribution is 5.60. The van der Waals surface area contributed by atoms with Gasteiger partial charge in [-0.2, -0.15) is 15.4 Å². The van der Waals surface area contributed by atoms with Crippen molar-refractivity contribution in [1.29, 1.82) is 0 Å². The van der Waals surface area contributed by atoms with E-state index in [9.17, 15) is 0 Å². The van der Waals surface area contributed by atoms with Crippen LogP contribution < -0.4 is 5.32 Å². The van der Waals surface area contributed by atoms with Gasteiger partial charge in [0, 0.05) is 18.2 Å². The zero-order valence-electron chi connectivity index (χ0n) is 11.3. The number of rotatable bonds is 6. The Balaban J connectivity index is 1.62. The van der Waals surface area contributed by atoms with Gasteiger partial charge in [-0.1, -0.05) is 43.7 Å². The first kappa shape index (κ1) is 12.4. The molecule has 1 aliphatic rings. The highest BCUT2D eigenvalue weighted by Gasteiger charge is 2.35. The minimum Gasteiger partial charge on any atom is -0.308 e. The summed E-state index contributed by atoms with van der Waals surface area (Å²) in [5.74, 6) is 0.872. The van der Waals surface area contributed by atoms with E-state index in [-0.39, 0.29) is 0 Å². The van der Waals surface area contributed by atoms with E-state index in [1.54, 1.807) is 0 Å². The summed E-state index contributed by atoms with van der Waals surface area (Å²) < 4.78 is 0. The van der Waals surface area contributed by atoms with Crippen LogP contribution in [0.5, 0.6) is 0 Å². The maximum atomic E-state index is 4.26. The standard InChI is InChI=1S/C15H20N4/c1-2-6-12-9-13(12)16-10-14-15(18-19-17-14)11-7-4-3-5-8-11/h3-5,7-8,12-13,16H,2,6,9-10H2,1H3,(H,17,18,19). The van der Waals surface area contributed by atoms with E-state index >= 15 is 0 Å². The summed E-state index contributed by atoms with van der Waals surface area (Å²) >= 11 is 0. The number of hydrogen-bond acceptors (Lipinski definition) is 3. The first-order valence-electron chi connectivity index (χ1n) is 7.07. The topological polar surface area (TPSA) is 53.6 Å². The fraction of sp³-hybridized carbons (Fsp3) is 0.467. The molecule has 2 aromatic rings. The van der Waals surface area contributed by atoms with Gasteiger partial charge in [-0.3, -0.25) is 0 Å². The third kappa shape index (κ3) is 2.84. The Kier molecular flexibility index (Phi) is 3.60. The highest BCUT2D eigenvalue weighted by atomic mass is 15.3. The van der Waals surface area contributed by atoms with Gasteiger partial charge in [-0.25, -0.2) is 0 Å². The summed E-state index contributed by atoms with van der Waals surface area (Å²) in [5, 5.41) is 14.8. The van der Waals surface area contributed by atoms with Gasteiger partial charge >= 0.3 is 0 Å². The van der Waals surface area contributed by atoms with Crippen molar-refractivity contribution in [2.45, 2.75) is 38.8 Å². The molecule has 0 spiro atoms. The van der Waals surface area contributed by atoms with Crippen LogP contribution >= 0.6 is 0 Å². The van der Waals surface area contributed by atoms with Crippen molar-refractivity contribution < 1.29 is 0 Å². The second-order valence-corrected chi connectivity index (χ2v) is 5.26. The number of nitrogens with zero attached hydrogens (tertiary/aromatic N) is 2. The number of H-pyrrole nitrogens is 1. The Labute approximate surface area is 113 Å². The molecule has 4 heteroatoms. The molecule has 0 bridgehead atoms. The Bertz CT molecular complexity index is 520. The molecule has 2 N–H and O–H groups in total. The lowest BCUT2D eigenvalue weighted by atomic mass is 10.1. The third-order valence-corrected chi connectivity index (χ3v) is 3.78. The SMILES string of the molecule is CCCC1CC1NCc1n[nH]nc1-c1ccccc1. The average molecular weight is 256 g/mol. The Morgan fingerprint density at radius 3 is 2.89 bits per heavy atom. The van der Waals surface area contributed by atoms with Crippen molar-refractivity contribution in [1.82, 2.24) is 20.7 Å². The second-order valence-electron chi connectivity index (χ2n) is 5.26. The van der Waals surface area contributed by atoms with Gasteiger partial charge in [-0.05, 0) is 18.8 Å². The van der Waals surface area contributed by atoms with Crippen LogP contribution in [0.15, 0.2) is 30.3 Å². The number of hydrogen-bond donors (Lipinski definition) is 2. The van der Waals surface area contributed by atoms with Crippen molar-refractivity contribution in [2.75, 3.05) is 0 Å². The minimum atomic E-state index is 0.681. The molecular formula is C15H20N4. The average Bonchev–Trinajstić information content (AvgIpc) is 3.02. The molecule has 4 nitrogen and oxygen atoms in total. The van der Waals surface area contributed by atoms with Crippen LogP contribution in [0, 0.1) is 5.92 Å². The van der Waals surface area contributed by atoms with Crippen molar-refractivity contribution in [3.63, 3.8) is 0 Å². The first-order valence-corrected chi connectivity index (χ1v) is 7.07. The molecular weight excluding hydrogens is 236 g/mol. The molecule has 100 valence electrons. The van der Waals surface area contributed by atoms with Crippen molar-refractivity contribution >= 4 is 0 Å². The Morgan fingerprint density at radius 2 is 2.11 bits per heavy atom. The summed E-state index contributed by atoms with van der Waals surface area (Å²) in [6.07, 6.45) is 3.93. The van der Waals surface area contributed by atoms with Gasteiger partial charge in [0.1, 0.15) is 11.4 Å². The number of aromatic amines is 1. The molecule has 1 fully saturated rings. The summed E-state index contributed by atoms with van der Waals surface area (Å²) in [5.41, 5.74) is 3.09. The van der Waals surface area contributed by atoms with Crippen molar-refractivity contribution in [2.24, 2.45) is 5.92 Å². The number of benzene rings is 1. The second kappa shape index (κ2) is 5.53. The highest BCUT2D eigenvalue weighted by Crippen LogP contribution is 2.34. The van der Waals surface area contributed by atoms with Crippen LogP contribution in [-0.2, 0) is 6.54 Å². The largest absolute Gasteiger partial charge is 0.308 e. The lowest BCUT2D eigenvalue weighted by molar-refractivity contribution is 0.594. The fourth-order valence-corrected chi connectivity index (χ4v) is 2.62. The quantitative estimate of drug-likeness (QED) is 0.835. The molecule has 1 aliphatic carbocycles. The van der Waals surface area contributed by atoms with Gasteiger partial charge in [-0.15, -0.1) is 0 Å². The molecule has 2 atom stereocenters. The summed E-state index contributed by atoms with van der Waals surface area (Å²) in [7, 11) is 0. The lowest BCUT2D eigenvalue weighted by Gasteiger charge is -2.03. The van der Waals surface area contributed by atoms with E-state index in [1.165, 1.54) is 19.3 Å². The molecule has 1 aromatic heterocycles. The first-order chi connectivity index (χ1) is 9.38. The molecule has 3 rings (SSSR count). The van der Waals surface area contributed by atoms with E-state index in [0.717, 1.165) is 29.4 Å². The van der Waals surface area contributed by atoms with Gasteiger partial charge in [0.2, 0.25) is 0 Å². The molecule has 0 saturated heterocycles. The molecule has 2 unspecified atom stereocenters. The number of aromatic nitrogens is 3. The molecule has 1 heterocycles. The van der Waals surface area contributed by atoms with Crippen LogP contribution in [0.25, 0.3) is 11.3 Å². The molecule has 0 amide bonds. The Hall–Kier alpha value is -1.68. The third-order valence-electron chi connectivity index (χ3n) is 3.78. The predicted octanol–water partition coefficient (Wildman–Crippen LogP) is 2.75. The van der Waals surface area contributed by atoms with Crippen LogP contribution in [-0.4, -0.2) is 21.5 Å². The van der Waals surface area contributed by atoms with Gasteiger partial charge < -0.3 is 5.32 Å². The van der Waals surface area contributed by atoms with Crippen molar-refractivity contribution in [3.05, 3.63) is 36.0 Å². The van der Waals surface area contributed by atoms with Crippen LogP contribution in [0.1, 0.15) is 31.9 Å². The summed E-state index contributed by atoms with van der Waals surface area (Å²) in [6, 6.07) is 10.9. The zero-order valence-corrected chi connectivity index (χ0v) is 11.3. The molecule has 1 saturated carbocycles. The molecule has 1 aromatic carbocycles. The molecule has 19 heavy (non-hydrogen) atoms. The zero-order chi connectivity index (χ0) is 13.1. The van der Waals surface area contributed by atoms with Crippen molar-refractivity contribution in [3.8, 4) is 11.3 Å². The van der Waals surface area contributed by atoms with E-state index in [0.29, 0.717) is 6.04 Å². The maximum Gasteiger partial charge on any atom is 0.117 e. The van der Waals surface area contributed by atoms with Crippen LogP contribution in [0.4, 0.5) is 0 Å². The smallest absolute Gasteiger partial charge is 0.117 e. The predicted molar refractivity (Wildman–Crippen MR) is 75.5 cm³/mol. The summed E-state index contributed by atoms with van der Waals surface area (Å²) in [6.45, 7) is 3.05. The van der Waals surface area contributed by atoms with E-state index in [2.05, 4.69) is 39.8 Å². The number of nitrogens with one attached hydrogen (secondary N) is 2. The maximum absolute atomic E-state index is 4.26. The minimum absolute atomic E-state index is 0.681. The van der Waals surface area contributed by atoms with Gasteiger partial charge in [0.15, 0.2) is 0 Å². The lowest BCUT2D eigenvalue weighted by Crippen LogP contribution is -2.18. The van der Waals surface area contributed by atoms with Crippen LogP contribution in [0.2, 0.25) is 0 Å². The summed E-state index contributed by atoms with van der Waals surface area (Å²) in [4.78, 5) is 0. The monoisotopic (exact) mass is 256 g/mol. The van der Waals surface area contributed by atoms with E-state index in [4.69, 9.17) is 0 Å². The Morgan fingerprint density at radius 1 is 1.26 bits per heavy atom. The van der Waals surface area contributed by atoms with E-state index < -0.39 is 0 Å². The van der Waals surface area contributed by atoms with Gasteiger partial charge in [0.05, 0.1) is 0 Å². The van der Waals surface area contributed by atoms with Crippen LogP contribution in [0.3, 0.4) is 0 Å². The van der Waals surface area contributed by atoms with Gasteiger partial charge in [0.25, 0.3) is 0 Å². The normalized spacial score (nSPS) is 21.5. The fourth-order valence-electron chi connectivity index (χ4n) is 2.62. The van der Waals surface area contributed by atoms with E-state index in [1.807, 2.05) is 18.2 Å². The molecule has 0 radical (unpaired) electrons. The molecule has 0 aliphatic heterocycles.